The SMILES string of the molecule is O=S(=O)(NCC1(CBr)CC1)c1ccc(Br)cc1Cl. The van der Waals surface area contributed by atoms with Crippen molar-refractivity contribution in [3.05, 3.63) is 27.7 Å². The molecular formula is C11H12Br2ClNO2S. The highest BCUT2D eigenvalue weighted by atomic mass is 79.9. The summed E-state index contributed by atoms with van der Waals surface area (Å²) in [5, 5.41) is 1.04. The third-order valence-corrected chi connectivity index (χ3v) is 6.63. The number of halogens is 3. The van der Waals surface area contributed by atoms with Crippen molar-refractivity contribution in [2.75, 3.05) is 11.9 Å². The Morgan fingerprint density at radius 2 is 2.06 bits per heavy atom. The summed E-state index contributed by atoms with van der Waals surface area (Å²) in [6.45, 7) is 0.451. The maximum Gasteiger partial charge on any atom is 0.242 e. The van der Waals surface area contributed by atoms with Crippen LogP contribution in [0.2, 0.25) is 5.02 Å². The molecule has 1 N–H and O–H groups in total. The first kappa shape index (κ1) is 14.8. The first-order valence-electron chi connectivity index (χ1n) is 5.39. The van der Waals surface area contributed by atoms with Gasteiger partial charge in [0, 0.05) is 16.3 Å². The van der Waals surface area contributed by atoms with Gasteiger partial charge in [-0.3, -0.25) is 0 Å². The molecule has 18 heavy (non-hydrogen) atoms. The van der Waals surface area contributed by atoms with E-state index in [9.17, 15) is 8.42 Å². The molecule has 0 heterocycles. The molecule has 1 aromatic rings. The maximum absolute atomic E-state index is 12.1. The normalized spacial score (nSPS) is 17.7. The van der Waals surface area contributed by atoms with Crippen LogP contribution in [0.15, 0.2) is 27.6 Å². The van der Waals surface area contributed by atoms with Gasteiger partial charge in [0.1, 0.15) is 4.90 Å². The molecule has 0 radical (unpaired) electrons. The van der Waals surface area contributed by atoms with E-state index in [0.717, 1.165) is 22.6 Å². The Labute approximate surface area is 129 Å². The van der Waals surface area contributed by atoms with Crippen LogP contribution in [0.3, 0.4) is 0 Å². The zero-order chi connectivity index (χ0) is 13.4. The van der Waals surface area contributed by atoms with Crippen molar-refractivity contribution >= 4 is 53.5 Å². The number of benzene rings is 1. The van der Waals surface area contributed by atoms with Crippen molar-refractivity contribution in [2.24, 2.45) is 5.41 Å². The fraction of sp³-hybridized carbons (Fsp3) is 0.455. The summed E-state index contributed by atoms with van der Waals surface area (Å²) >= 11 is 12.6. The molecule has 3 nitrogen and oxygen atoms in total. The monoisotopic (exact) mass is 415 g/mol. The Hall–Kier alpha value is 0.380. The van der Waals surface area contributed by atoms with Crippen LogP contribution in [0.5, 0.6) is 0 Å². The molecule has 1 saturated carbocycles. The van der Waals surface area contributed by atoms with Gasteiger partial charge in [0.05, 0.1) is 5.02 Å². The number of alkyl halides is 1. The third-order valence-electron chi connectivity index (χ3n) is 3.06. The Bertz CT molecular complexity index is 558. The van der Waals surface area contributed by atoms with E-state index in [0.29, 0.717) is 6.54 Å². The Kier molecular flexibility index (Phi) is 4.44. The van der Waals surface area contributed by atoms with Crippen molar-refractivity contribution in [1.29, 1.82) is 0 Å². The van der Waals surface area contributed by atoms with E-state index in [1.54, 1.807) is 12.1 Å². The van der Waals surface area contributed by atoms with Crippen molar-refractivity contribution < 1.29 is 8.42 Å². The van der Waals surface area contributed by atoms with Crippen LogP contribution in [-0.2, 0) is 10.0 Å². The molecule has 0 spiro atoms. The van der Waals surface area contributed by atoms with Crippen LogP contribution in [0.4, 0.5) is 0 Å². The van der Waals surface area contributed by atoms with Gasteiger partial charge in [0.25, 0.3) is 0 Å². The highest BCUT2D eigenvalue weighted by Gasteiger charge is 2.42. The molecular weight excluding hydrogens is 405 g/mol. The summed E-state index contributed by atoms with van der Waals surface area (Å²) in [5.41, 5.74) is 0.0922. The van der Waals surface area contributed by atoms with Gasteiger partial charge in [0.15, 0.2) is 0 Å². The van der Waals surface area contributed by atoms with Gasteiger partial charge in [-0.1, -0.05) is 43.5 Å². The van der Waals surface area contributed by atoms with Crippen LogP contribution < -0.4 is 4.72 Å². The van der Waals surface area contributed by atoms with Crippen LogP contribution in [0, 0.1) is 5.41 Å². The molecule has 1 aliphatic rings. The van der Waals surface area contributed by atoms with Crippen molar-refractivity contribution in [1.82, 2.24) is 4.72 Å². The molecule has 1 aliphatic carbocycles. The smallest absolute Gasteiger partial charge is 0.211 e. The van der Waals surface area contributed by atoms with Crippen molar-refractivity contribution in [2.45, 2.75) is 17.7 Å². The van der Waals surface area contributed by atoms with Crippen LogP contribution in [-0.4, -0.2) is 20.3 Å². The minimum Gasteiger partial charge on any atom is -0.211 e. The number of sulfonamides is 1. The predicted molar refractivity (Wildman–Crippen MR) is 79.8 cm³/mol. The minimum absolute atomic E-state index is 0.0922. The molecule has 2 rings (SSSR count). The average molecular weight is 418 g/mol. The maximum atomic E-state index is 12.1. The van der Waals surface area contributed by atoms with E-state index in [2.05, 4.69) is 36.6 Å². The third kappa shape index (κ3) is 3.28. The highest BCUT2D eigenvalue weighted by molar-refractivity contribution is 9.10. The van der Waals surface area contributed by atoms with Gasteiger partial charge in [-0.05, 0) is 36.5 Å². The molecule has 0 bridgehead atoms. The second-order valence-electron chi connectivity index (χ2n) is 4.53. The lowest BCUT2D eigenvalue weighted by molar-refractivity contribution is 0.538. The first-order chi connectivity index (χ1) is 8.38. The topological polar surface area (TPSA) is 46.2 Å². The van der Waals surface area contributed by atoms with Gasteiger partial charge in [0.2, 0.25) is 10.0 Å². The molecule has 7 heteroatoms. The van der Waals surface area contributed by atoms with Crippen LogP contribution >= 0.6 is 43.5 Å². The van der Waals surface area contributed by atoms with Crippen molar-refractivity contribution in [3.8, 4) is 0 Å². The van der Waals surface area contributed by atoms with Gasteiger partial charge in [-0.15, -0.1) is 0 Å². The van der Waals surface area contributed by atoms with Gasteiger partial charge >= 0.3 is 0 Å². The Balaban J connectivity index is 2.15. The molecule has 100 valence electrons. The van der Waals surface area contributed by atoms with Crippen molar-refractivity contribution in [3.63, 3.8) is 0 Å². The number of hydrogen-bond donors (Lipinski definition) is 1. The second-order valence-corrected chi connectivity index (χ2v) is 8.15. The van der Waals surface area contributed by atoms with Gasteiger partial charge < -0.3 is 0 Å². The zero-order valence-corrected chi connectivity index (χ0v) is 14.2. The molecule has 0 aromatic heterocycles. The lowest BCUT2D eigenvalue weighted by atomic mass is 10.1. The van der Waals surface area contributed by atoms with E-state index in [1.807, 2.05) is 0 Å². The lowest BCUT2D eigenvalue weighted by Crippen LogP contribution is -2.31. The van der Waals surface area contributed by atoms with E-state index < -0.39 is 10.0 Å². The fourth-order valence-corrected chi connectivity index (χ4v) is 4.51. The number of hydrogen-bond acceptors (Lipinski definition) is 2. The van der Waals surface area contributed by atoms with Gasteiger partial charge in [-0.2, -0.15) is 0 Å². The summed E-state index contributed by atoms with van der Waals surface area (Å²) < 4.78 is 27.6. The molecule has 1 fully saturated rings. The summed E-state index contributed by atoms with van der Waals surface area (Å²) in [6, 6.07) is 4.74. The van der Waals surface area contributed by atoms with Crippen LogP contribution in [0.25, 0.3) is 0 Å². The average Bonchev–Trinajstić information content (AvgIpc) is 3.07. The standard InChI is InChI=1S/C11H12Br2ClNO2S/c12-6-11(3-4-11)7-15-18(16,17)10-2-1-8(13)5-9(10)14/h1-2,5,15H,3-4,6-7H2. The lowest BCUT2D eigenvalue weighted by Gasteiger charge is -2.13. The highest BCUT2D eigenvalue weighted by Crippen LogP contribution is 2.46. The molecule has 0 atom stereocenters. The number of rotatable bonds is 5. The summed E-state index contributed by atoms with van der Waals surface area (Å²) in [6.07, 6.45) is 2.10. The zero-order valence-electron chi connectivity index (χ0n) is 9.42. The molecule has 0 amide bonds. The quantitative estimate of drug-likeness (QED) is 0.745. The molecule has 1 aromatic carbocycles. The minimum atomic E-state index is -3.53. The van der Waals surface area contributed by atoms with Gasteiger partial charge in [-0.25, -0.2) is 13.1 Å². The summed E-state index contributed by atoms with van der Waals surface area (Å²) in [7, 11) is -3.53. The van der Waals surface area contributed by atoms with E-state index in [1.165, 1.54) is 6.07 Å². The predicted octanol–water partition coefficient (Wildman–Crippen LogP) is 3.56. The van der Waals surface area contributed by atoms with Crippen LogP contribution in [0.1, 0.15) is 12.8 Å². The second kappa shape index (κ2) is 5.40. The fourth-order valence-electron chi connectivity index (χ4n) is 1.55. The Morgan fingerprint density at radius 3 is 2.56 bits per heavy atom. The summed E-state index contributed by atoms with van der Waals surface area (Å²) in [4.78, 5) is 0.123. The molecule has 0 unspecified atom stereocenters. The van der Waals surface area contributed by atoms with E-state index in [-0.39, 0.29) is 15.3 Å². The Morgan fingerprint density at radius 1 is 1.39 bits per heavy atom. The van der Waals surface area contributed by atoms with E-state index in [4.69, 9.17) is 11.6 Å². The molecule has 0 aliphatic heterocycles. The van der Waals surface area contributed by atoms with E-state index >= 15 is 0 Å². The first-order valence-corrected chi connectivity index (χ1v) is 9.17. The largest absolute Gasteiger partial charge is 0.242 e. The molecule has 0 saturated heterocycles. The number of nitrogens with one attached hydrogen (secondary N) is 1. The summed E-state index contributed by atoms with van der Waals surface area (Å²) in [5.74, 6) is 0.